The molecule has 0 atom stereocenters. The van der Waals surface area contributed by atoms with Gasteiger partial charge in [-0.3, -0.25) is 0 Å². The Balaban J connectivity index is 2.14. The minimum absolute atomic E-state index is 0.144. The van der Waals surface area contributed by atoms with Gasteiger partial charge in [0.2, 0.25) is 0 Å². The molecule has 0 saturated carbocycles. The van der Waals surface area contributed by atoms with E-state index in [4.69, 9.17) is 16.0 Å². The fourth-order valence-corrected chi connectivity index (χ4v) is 3.53. The van der Waals surface area contributed by atoms with Crippen molar-refractivity contribution in [1.82, 2.24) is 0 Å². The molecule has 136 valence electrons. The highest BCUT2D eigenvalue weighted by Crippen LogP contribution is 2.40. The second kappa shape index (κ2) is 7.43. The van der Waals surface area contributed by atoms with Crippen LogP contribution >= 0.6 is 11.6 Å². The van der Waals surface area contributed by atoms with Crippen molar-refractivity contribution in [2.24, 2.45) is 0 Å². The maximum atomic E-state index is 6.48. The monoisotopic (exact) mass is 375 g/mol. The Labute approximate surface area is 158 Å². The van der Waals surface area contributed by atoms with Crippen LogP contribution in [0.25, 0.3) is 0 Å². The first-order valence-corrected chi connectivity index (χ1v) is 12.1. The van der Waals surface area contributed by atoms with Gasteiger partial charge in [-0.25, -0.2) is 0 Å². The van der Waals surface area contributed by atoms with Crippen LogP contribution in [0.15, 0.2) is 42.5 Å². The summed E-state index contributed by atoms with van der Waals surface area (Å²) in [6.45, 7) is 15.5. The van der Waals surface area contributed by atoms with Gasteiger partial charge in [0.15, 0.2) is 0 Å². The van der Waals surface area contributed by atoms with Crippen molar-refractivity contribution in [3.05, 3.63) is 53.1 Å². The van der Waals surface area contributed by atoms with Crippen LogP contribution in [0.2, 0.25) is 23.2 Å². The molecule has 0 bridgehead atoms. The molecule has 0 heterocycles. The highest BCUT2D eigenvalue weighted by molar-refractivity contribution is 6.74. The van der Waals surface area contributed by atoms with Crippen molar-refractivity contribution in [3.8, 4) is 5.75 Å². The molecule has 0 unspecified atom stereocenters. The maximum Gasteiger partial charge on any atom is 0.250 e. The molecule has 1 N–H and O–H groups in total. The average molecular weight is 376 g/mol. The third kappa shape index (κ3) is 5.02. The lowest BCUT2D eigenvalue weighted by molar-refractivity contribution is 0.492. The van der Waals surface area contributed by atoms with Crippen molar-refractivity contribution < 1.29 is 4.43 Å². The third-order valence-electron chi connectivity index (χ3n) is 4.97. The van der Waals surface area contributed by atoms with E-state index in [-0.39, 0.29) is 5.04 Å². The smallest absolute Gasteiger partial charge is 0.250 e. The zero-order valence-electron chi connectivity index (χ0n) is 16.4. The van der Waals surface area contributed by atoms with Gasteiger partial charge in [-0.1, -0.05) is 58.4 Å². The van der Waals surface area contributed by atoms with Crippen LogP contribution in [0, 0.1) is 0 Å². The van der Waals surface area contributed by atoms with Crippen LogP contribution < -0.4 is 9.74 Å². The number of anilines is 2. The van der Waals surface area contributed by atoms with Crippen molar-refractivity contribution >= 4 is 31.3 Å². The van der Waals surface area contributed by atoms with Gasteiger partial charge in [0.25, 0.3) is 8.32 Å². The fraction of sp³-hybridized carbons (Fsp3) is 0.429. The lowest BCUT2D eigenvalue weighted by Crippen LogP contribution is -2.43. The second-order valence-corrected chi connectivity index (χ2v) is 13.5. The molecule has 0 radical (unpaired) electrons. The van der Waals surface area contributed by atoms with Crippen molar-refractivity contribution in [2.45, 2.75) is 58.7 Å². The fourth-order valence-electron chi connectivity index (χ4n) is 2.21. The summed E-state index contributed by atoms with van der Waals surface area (Å²) in [5, 5.41) is 4.19. The SMILES string of the molecule is CC(C)c1ccc(Nc2ccc(O[Si](C)(C)C(C)(C)C)c(Cl)c2)cc1. The molecule has 0 amide bonds. The molecule has 0 fully saturated rings. The van der Waals surface area contributed by atoms with E-state index in [9.17, 15) is 0 Å². The van der Waals surface area contributed by atoms with E-state index in [0.717, 1.165) is 17.1 Å². The number of nitrogens with one attached hydrogen (secondary N) is 1. The molecule has 0 aliphatic rings. The zero-order valence-corrected chi connectivity index (χ0v) is 18.2. The molecule has 2 aromatic carbocycles. The van der Waals surface area contributed by atoms with Gasteiger partial charge in [-0.15, -0.1) is 0 Å². The van der Waals surface area contributed by atoms with Crippen LogP contribution in [-0.2, 0) is 0 Å². The Morgan fingerprint density at radius 1 is 0.960 bits per heavy atom. The predicted molar refractivity (Wildman–Crippen MR) is 113 cm³/mol. The van der Waals surface area contributed by atoms with Gasteiger partial charge < -0.3 is 9.74 Å². The molecular formula is C21H30ClNOSi. The number of rotatable bonds is 5. The quantitative estimate of drug-likeness (QED) is 0.543. The first-order valence-electron chi connectivity index (χ1n) is 8.85. The van der Waals surface area contributed by atoms with Gasteiger partial charge in [0.05, 0.1) is 5.02 Å². The summed E-state index contributed by atoms with van der Waals surface area (Å²) in [7, 11) is -1.89. The largest absolute Gasteiger partial charge is 0.543 e. The van der Waals surface area contributed by atoms with Crippen LogP contribution in [0.1, 0.15) is 46.1 Å². The molecule has 0 aliphatic carbocycles. The minimum Gasteiger partial charge on any atom is -0.543 e. The first-order chi connectivity index (χ1) is 11.5. The van der Waals surface area contributed by atoms with E-state index in [0.29, 0.717) is 10.9 Å². The lowest BCUT2D eigenvalue weighted by Gasteiger charge is -2.36. The van der Waals surface area contributed by atoms with Crippen LogP contribution in [-0.4, -0.2) is 8.32 Å². The molecule has 4 heteroatoms. The van der Waals surface area contributed by atoms with Crippen LogP contribution in [0.3, 0.4) is 0 Å². The molecule has 2 aromatic rings. The summed E-state index contributed by atoms with van der Waals surface area (Å²) in [6, 6.07) is 14.4. The molecule has 2 rings (SSSR count). The molecular weight excluding hydrogens is 346 g/mol. The van der Waals surface area contributed by atoms with E-state index in [2.05, 4.69) is 77.3 Å². The molecule has 0 aromatic heterocycles. The van der Waals surface area contributed by atoms with E-state index < -0.39 is 8.32 Å². The average Bonchev–Trinajstić information content (AvgIpc) is 2.49. The molecule has 2 nitrogen and oxygen atoms in total. The second-order valence-electron chi connectivity index (χ2n) is 8.41. The standard InChI is InChI=1S/C21H30ClNOSi/c1-15(2)16-8-10-17(11-9-16)23-18-12-13-20(19(22)14-18)24-25(6,7)21(3,4)5/h8-15,23H,1-7H3. The van der Waals surface area contributed by atoms with Gasteiger partial charge in [0.1, 0.15) is 5.75 Å². The van der Waals surface area contributed by atoms with Gasteiger partial charge in [0, 0.05) is 11.4 Å². The molecule has 0 spiro atoms. The van der Waals surface area contributed by atoms with Gasteiger partial charge in [-0.05, 0) is 59.9 Å². The number of halogens is 1. The van der Waals surface area contributed by atoms with Crippen molar-refractivity contribution in [3.63, 3.8) is 0 Å². The summed E-state index contributed by atoms with van der Waals surface area (Å²) in [4.78, 5) is 0. The third-order valence-corrected chi connectivity index (χ3v) is 9.61. The Morgan fingerprint density at radius 3 is 2.00 bits per heavy atom. The van der Waals surface area contributed by atoms with Gasteiger partial charge >= 0.3 is 0 Å². The first kappa shape index (κ1) is 19.9. The van der Waals surface area contributed by atoms with Crippen LogP contribution in [0.4, 0.5) is 11.4 Å². The Bertz CT molecular complexity index is 718. The topological polar surface area (TPSA) is 21.3 Å². The molecule has 0 aliphatic heterocycles. The summed E-state index contributed by atoms with van der Waals surface area (Å²) in [6.07, 6.45) is 0. The van der Waals surface area contributed by atoms with Gasteiger partial charge in [-0.2, -0.15) is 0 Å². The van der Waals surface area contributed by atoms with E-state index in [1.807, 2.05) is 18.2 Å². The number of hydrogen-bond donors (Lipinski definition) is 1. The summed E-state index contributed by atoms with van der Waals surface area (Å²) >= 11 is 6.48. The molecule has 25 heavy (non-hydrogen) atoms. The number of benzene rings is 2. The summed E-state index contributed by atoms with van der Waals surface area (Å²) in [5.74, 6) is 1.31. The Kier molecular flexibility index (Phi) is 5.90. The van der Waals surface area contributed by atoms with Crippen molar-refractivity contribution in [2.75, 3.05) is 5.32 Å². The van der Waals surface area contributed by atoms with E-state index >= 15 is 0 Å². The normalized spacial score (nSPS) is 12.4. The van der Waals surface area contributed by atoms with Crippen molar-refractivity contribution in [1.29, 1.82) is 0 Å². The summed E-state index contributed by atoms with van der Waals surface area (Å²) in [5.41, 5.74) is 3.35. The minimum atomic E-state index is -1.89. The molecule has 0 saturated heterocycles. The van der Waals surface area contributed by atoms with E-state index in [1.54, 1.807) is 0 Å². The van der Waals surface area contributed by atoms with E-state index in [1.165, 1.54) is 5.56 Å². The predicted octanol–water partition coefficient (Wildman–Crippen LogP) is 7.59. The zero-order chi connectivity index (χ0) is 18.8. The Hall–Kier alpha value is -1.45. The lowest BCUT2D eigenvalue weighted by atomic mass is 10.0. The van der Waals surface area contributed by atoms with Crippen LogP contribution in [0.5, 0.6) is 5.75 Å². The maximum absolute atomic E-state index is 6.48. The highest BCUT2D eigenvalue weighted by Gasteiger charge is 2.39. The Morgan fingerprint density at radius 2 is 1.52 bits per heavy atom. The highest BCUT2D eigenvalue weighted by atomic mass is 35.5. The summed E-state index contributed by atoms with van der Waals surface area (Å²) < 4.78 is 6.32. The number of hydrogen-bond acceptors (Lipinski definition) is 2.